The van der Waals surface area contributed by atoms with E-state index in [0.29, 0.717) is 22.7 Å². The molecule has 0 unspecified atom stereocenters. The molecule has 0 aliphatic carbocycles. The van der Waals surface area contributed by atoms with Crippen LogP contribution in [0.15, 0.2) is 47.5 Å². The number of carbonyl (C=O) groups excluding carboxylic acids is 1. The number of benzene rings is 2. The van der Waals surface area contributed by atoms with Gasteiger partial charge in [-0.1, -0.05) is 23.5 Å². The van der Waals surface area contributed by atoms with Crippen LogP contribution < -0.4 is 9.54 Å². The molecular weight excluding hydrogens is 382 g/mol. The summed E-state index contributed by atoms with van der Waals surface area (Å²) in [5, 5.41) is 11.0. The summed E-state index contributed by atoms with van der Waals surface area (Å²) >= 11 is 1.25. The highest BCUT2D eigenvalue weighted by Gasteiger charge is 2.13. The van der Waals surface area contributed by atoms with E-state index in [2.05, 4.69) is 4.99 Å². The van der Waals surface area contributed by atoms with E-state index >= 15 is 0 Å². The summed E-state index contributed by atoms with van der Waals surface area (Å²) in [6, 6.07) is 11.8. The smallest absolute Gasteiger partial charge is 0.270 e. The molecule has 146 valence electrons. The number of thiazole rings is 1. The third kappa shape index (κ3) is 4.44. The van der Waals surface area contributed by atoms with Gasteiger partial charge in [0, 0.05) is 25.8 Å². The van der Waals surface area contributed by atoms with Crippen molar-refractivity contribution in [3.63, 3.8) is 0 Å². The summed E-state index contributed by atoms with van der Waals surface area (Å²) in [4.78, 5) is 27.8. The molecule has 1 aromatic heterocycles. The fourth-order valence-electron chi connectivity index (χ4n) is 2.72. The number of amides is 1. The lowest BCUT2D eigenvalue weighted by atomic mass is 10.1. The standard InChI is InChI=1S/C19H19N3O5S/c1-26-10-9-21-16-8-5-14(22(24)25)12-17(16)28-19(21)20-18(23)11-13-3-6-15(27-2)7-4-13/h3-8,12H,9-11H2,1-2H3. The molecule has 0 spiro atoms. The van der Waals surface area contributed by atoms with Crippen molar-refractivity contribution in [1.29, 1.82) is 0 Å². The maximum atomic E-state index is 12.5. The quantitative estimate of drug-likeness (QED) is 0.448. The zero-order chi connectivity index (χ0) is 20.1. The zero-order valence-corrected chi connectivity index (χ0v) is 16.3. The highest BCUT2D eigenvalue weighted by Crippen LogP contribution is 2.23. The van der Waals surface area contributed by atoms with E-state index in [1.54, 1.807) is 32.4 Å². The van der Waals surface area contributed by atoms with Crippen molar-refractivity contribution in [3.05, 3.63) is 62.9 Å². The predicted molar refractivity (Wildman–Crippen MR) is 106 cm³/mol. The van der Waals surface area contributed by atoms with Gasteiger partial charge in [0.2, 0.25) is 0 Å². The second-order valence-electron chi connectivity index (χ2n) is 5.97. The van der Waals surface area contributed by atoms with Gasteiger partial charge in [0.15, 0.2) is 4.80 Å². The molecule has 2 aromatic carbocycles. The van der Waals surface area contributed by atoms with Gasteiger partial charge in [0.25, 0.3) is 11.6 Å². The second kappa shape index (κ2) is 8.77. The van der Waals surface area contributed by atoms with Gasteiger partial charge >= 0.3 is 0 Å². The van der Waals surface area contributed by atoms with Gasteiger partial charge in [-0.15, -0.1) is 0 Å². The van der Waals surface area contributed by atoms with E-state index in [1.165, 1.54) is 23.5 Å². The van der Waals surface area contributed by atoms with Crippen molar-refractivity contribution in [2.45, 2.75) is 13.0 Å². The number of nitrogens with zero attached hydrogens (tertiary/aromatic N) is 3. The molecule has 8 nitrogen and oxygen atoms in total. The molecular formula is C19H19N3O5S. The van der Waals surface area contributed by atoms with E-state index in [9.17, 15) is 14.9 Å². The Morgan fingerprint density at radius 3 is 2.61 bits per heavy atom. The molecule has 3 aromatic rings. The van der Waals surface area contributed by atoms with Gasteiger partial charge < -0.3 is 14.0 Å². The molecule has 3 rings (SSSR count). The maximum Gasteiger partial charge on any atom is 0.270 e. The number of hydrogen-bond donors (Lipinski definition) is 0. The van der Waals surface area contributed by atoms with E-state index in [4.69, 9.17) is 9.47 Å². The van der Waals surface area contributed by atoms with E-state index < -0.39 is 4.92 Å². The number of carbonyl (C=O) groups is 1. The number of fused-ring (bicyclic) bond motifs is 1. The highest BCUT2D eigenvalue weighted by molar-refractivity contribution is 7.16. The topological polar surface area (TPSA) is 96.0 Å². The molecule has 0 aliphatic rings. The van der Waals surface area contributed by atoms with Crippen LogP contribution in [0.5, 0.6) is 5.75 Å². The third-order valence-electron chi connectivity index (χ3n) is 4.13. The fourth-order valence-corrected chi connectivity index (χ4v) is 3.83. The summed E-state index contributed by atoms with van der Waals surface area (Å²) in [5.41, 5.74) is 1.61. The summed E-state index contributed by atoms with van der Waals surface area (Å²) in [5.74, 6) is 0.425. The number of nitro benzene ring substituents is 1. The molecule has 0 N–H and O–H groups in total. The Labute approximate surface area is 164 Å². The lowest BCUT2D eigenvalue weighted by Crippen LogP contribution is -2.19. The predicted octanol–water partition coefficient (Wildman–Crippen LogP) is 2.94. The Bertz CT molecular complexity index is 1070. The summed E-state index contributed by atoms with van der Waals surface area (Å²) < 4.78 is 12.8. The van der Waals surface area contributed by atoms with Gasteiger partial charge in [0.1, 0.15) is 5.75 Å². The Hall–Kier alpha value is -3.04. The molecule has 0 atom stereocenters. The Balaban J connectivity index is 1.96. The first-order chi connectivity index (χ1) is 13.5. The van der Waals surface area contributed by atoms with Crippen LogP contribution in [0.3, 0.4) is 0 Å². The van der Waals surface area contributed by atoms with Crippen LogP contribution in [0.25, 0.3) is 10.2 Å². The van der Waals surface area contributed by atoms with Crippen molar-refractivity contribution >= 4 is 33.1 Å². The lowest BCUT2D eigenvalue weighted by molar-refractivity contribution is -0.384. The SMILES string of the molecule is COCCn1c(=NC(=O)Cc2ccc(OC)cc2)sc2cc([N+](=O)[O-])ccc21. The number of rotatable bonds is 7. The Morgan fingerprint density at radius 1 is 1.21 bits per heavy atom. The van der Waals surface area contributed by atoms with Gasteiger partial charge in [-0.05, 0) is 23.8 Å². The van der Waals surface area contributed by atoms with Crippen LogP contribution in [-0.2, 0) is 22.5 Å². The van der Waals surface area contributed by atoms with Gasteiger partial charge in [-0.3, -0.25) is 14.9 Å². The lowest BCUT2D eigenvalue weighted by Gasteiger charge is -2.04. The van der Waals surface area contributed by atoms with Gasteiger partial charge in [-0.25, -0.2) is 0 Å². The fraction of sp³-hybridized carbons (Fsp3) is 0.263. The minimum atomic E-state index is -0.440. The normalized spacial score (nSPS) is 11.7. The maximum absolute atomic E-state index is 12.5. The minimum absolute atomic E-state index is 0.00347. The van der Waals surface area contributed by atoms with Crippen molar-refractivity contribution < 1.29 is 19.2 Å². The minimum Gasteiger partial charge on any atom is -0.497 e. The third-order valence-corrected chi connectivity index (χ3v) is 5.17. The zero-order valence-electron chi connectivity index (χ0n) is 15.5. The molecule has 0 saturated carbocycles. The average molecular weight is 401 g/mol. The van der Waals surface area contributed by atoms with Crippen LogP contribution >= 0.6 is 11.3 Å². The first kappa shape index (κ1) is 19.7. The summed E-state index contributed by atoms with van der Waals surface area (Å²) in [7, 11) is 3.17. The van der Waals surface area contributed by atoms with Crippen molar-refractivity contribution in [1.82, 2.24) is 4.57 Å². The number of non-ortho nitro benzene ring substituents is 1. The van der Waals surface area contributed by atoms with Crippen LogP contribution in [-0.4, -0.2) is 36.2 Å². The molecule has 1 heterocycles. The van der Waals surface area contributed by atoms with Crippen LogP contribution in [0.2, 0.25) is 0 Å². The number of nitro groups is 1. The number of hydrogen-bond acceptors (Lipinski definition) is 6. The number of methoxy groups -OCH3 is 2. The van der Waals surface area contributed by atoms with E-state index in [-0.39, 0.29) is 18.0 Å². The van der Waals surface area contributed by atoms with Crippen LogP contribution in [0, 0.1) is 10.1 Å². The molecule has 1 amide bonds. The molecule has 0 fully saturated rings. The van der Waals surface area contributed by atoms with Crippen molar-refractivity contribution in [2.75, 3.05) is 20.8 Å². The Morgan fingerprint density at radius 2 is 1.96 bits per heavy atom. The van der Waals surface area contributed by atoms with E-state index in [0.717, 1.165) is 16.8 Å². The van der Waals surface area contributed by atoms with Crippen LogP contribution in [0.4, 0.5) is 5.69 Å². The van der Waals surface area contributed by atoms with Gasteiger partial charge in [0.05, 0.1) is 35.3 Å². The molecule has 0 bridgehead atoms. The van der Waals surface area contributed by atoms with Crippen LogP contribution in [0.1, 0.15) is 5.56 Å². The molecule has 0 radical (unpaired) electrons. The largest absolute Gasteiger partial charge is 0.497 e. The summed E-state index contributed by atoms with van der Waals surface area (Å²) in [6.45, 7) is 0.922. The van der Waals surface area contributed by atoms with Crippen molar-refractivity contribution in [2.24, 2.45) is 4.99 Å². The molecule has 0 saturated heterocycles. The van der Waals surface area contributed by atoms with E-state index in [1.807, 2.05) is 16.7 Å². The molecule has 0 aliphatic heterocycles. The number of aromatic nitrogens is 1. The molecule has 28 heavy (non-hydrogen) atoms. The highest BCUT2D eigenvalue weighted by atomic mass is 32.1. The number of ether oxygens (including phenoxy) is 2. The average Bonchev–Trinajstić information content (AvgIpc) is 3.02. The summed E-state index contributed by atoms with van der Waals surface area (Å²) in [6.07, 6.45) is 0.155. The second-order valence-corrected chi connectivity index (χ2v) is 6.98. The monoisotopic (exact) mass is 401 g/mol. The Kier molecular flexibility index (Phi) is 6.17. The molecule has 9 heteroatoms. The first-order valence-electron chi connectivity index (χ1n) is 8.49. The van der Waals surface area contributed by atoms with Gasteiger partial charge in [-0.2, -0.15) is 4.99 Å². The van der Waals surface area contributed by atoms with Crippen molar-refractivity contribution in [3.8, 4) is 5.75 Å². The first-order valence-corrected chi connectivity index (χ1v) is 9.30.